The van der Waals surface area contributed by atoms with Crippen LogP contribution in [0.15, 0.2) is 36.4 Å². The van der Waals surface area contributed by atoms with Gasteiger partial charge in [0.1, 0.15) is 5.75 Å². The van der Waals surface area contributed by atoms with E-state index in [1.165, 1.54) is 37.1 Å². The summed E-state index contributed by atoms with van der Waals surface area (Å²) in [5.74, 6) is 1.87. The van der Waals surface area contributed by atoms with Crippen LogP contribution in [0.25, 0.3) is 0 Å². The summed E-state index contributed by atoms with van der Waals surface area (Å²) in [5.41, 5.74) is 5.55. The van der Waals surface area contributed by atoms with E-state index in [-0.39, 0.29) is 24.5 Å². The molecule has 1 heterocycles. The quantitative estimate of drug-likeness (QED) is 0.561. The van der Waals surface area contributed by atoms with Crippen LogP contribution >= 0.6 is 0 Å². The van der Waals surface area contributed by atoms with Gasteiger partial charge in [0, 0.05) is 31.7 Å². The van der Waals surface area contributed by atoms with Crippen LogP contribution in [0.4, 0.5) is 5.69 Å². The van der Waals surface area contributed by atoms with Gasteiger partial charge in [0.15, 0.2) is 0 Å². The number of aliphatic hydroxyl groups is 1. The third kappa shape index (κ3) is 6.45. The van der Waals surface area contributed by atoms with Crippen molar-refractivity contribution in [2.24, 2.45) is 11.8 Å². The summed E-state index contributed by atoms with van der Waals surface area (Å²) < 4.78 is 6.26. The lowest BCUT2D eigenvalue weighted by atomic mass is 9.86. The first-order chi connectivity index (χ1) is 16.8. The van der Waals surface area contributed by atoms with Gasteiger partial charge in [-0.2, -0.15) is 0 Å². The Bertz CT molecular complexity index is 1010. The normalized spacial score (nSPS) is 23.2. The number of likely N-dealkylation sites (tertiary alicyclic amines) is 1. The van der Waals surface area contributed by atoms with Crippen molar-refractivity contribution in [1.29, 1.82) is 0 Å². The summed E-state index contributed by atoms with van der Waals surface area (Å²) in [4.78, 5) is 17.7. The van der Waals surface area contributed by atoms with Gasteiger partial charge in [-0.25, -0.2) is 0 Å². The zero-order chi connectivity index (χ0) is 24.9. The number of benzene rings is 2. The van der Waals surface area contributed by atoms with Crippen LogP contribution in [-0.2, 0) is 17.9 Å². The Morgan fingerprint density at radius 3 is 2.51 bits per heavy atom. The third-order valence-electron chi connectivity index (χ3n) is 7.93. The Morgan fingerprint density at radius 2 is 1.83 bits per heavy atom. The van der Waals surface area contributed by atoms with Gasteiger partial charge >= 0.3 is 0 Å². The van der Waals surface area contributed by atoms with E-state index in [1.54, 1.807) is 0 Å². The Hall–Kier alpha value is -2.37. The number of carbonyl (C=O) groups excluding carboxylic acids is 1. The topological polar surface area (TPSA) is 53.0 Å². The zero-order valence-electron chi connectivity index (χ0n) is 21.9. The van der Waals surface area contributed by atoms with Crippen LogP contribution < -0.4 is 9.64 Å². The molecule has 2 fully saturated rings. The summed E-state index contributed by atoms with van der Waals surface area (Å²) >= 11 is 0. The van der Waals surface area contributed by atoms with Crippen LogP contribution in [0.3, 0.4) is 0 Å². The third-order valence-corrected chi connectivity index (χ3v) is 7.93. The number of aryl methyl sites for hydroxylation is 2. The molecule has 35 heavy (non-hydrogen) atoms. The number of anilines is 1. The van der Waals surface area contributed by atoms with Gasteiger partial charge in [-0.3, -0.25) is 9.69 Å². The Morgan fingerprint density at radius 1 is 1.06 bits per heavy atom. The fourth-order valence-electron chi connectivity index (χ4n) is 5.62. The molecule has 0 unspecified atom stereocenters. The number of ether oxygens (including phenoxy) is 1. The SMILES string of the molecule is Cc1cc(N(C)C(=O)C2CCC(Oc3cc(CO)ccc3C)CC2)ccc1CN1CCC[C@@H](C)C1. The van der Waals surface area contributed by atoms with Crippen molar-refractivity contribution >= 4 is 11.6 Å². The van der Waals surface area contributed by atoms with Crippen molar-refractivity contribution in [2.75, 3.05) is 25.0 Å². The molecular formula is C30H42N2O3. The number of hydrogen-bond donors (Lipinski definition) is 1. The van der Waals surface area contributed by atoms with Crippen molar-refractivity contribution < 1.29 is 14.6 Å². The second-order valence-corrected chi connectivity index (χ2v) is 10.8. The predicted octanol–water partition coefficient (Wildman–Crippen LogP) is 5.63. The van der Waals surface area contributed by atoms with Crippen molar-refractivity contribution in [2.45, 2.75) is 78.6 Å². The van der Waals surface area contributed by atoms with E-state index in [0.717, 1.165) is 60.7 Å². The first-order valence-corrected chi connectivity index (χ1v) is 13.3. The van der Waals surface area contributed by atoms with Gasteiger partial charge in [-0.05, 0) is 105 Å². The lowest BCUT2D eigenvalue weighted by Crippen LogP contribution is -2.37. The van der Waals surface area contributed by atoms with Gasteiger partial charge in [0.05, 0.1) is 12.7 Å². The van der Waals surface area contributed by atoms with Crippen LogP contribution in [0.5, 0.6) is 5.75 Å². The van der Waals surface area contributed by atoms with Crippen LogP contribution in [0, 0.1) is 25.7 Å². The molecule has 5 nitrogen and oxygen atoms in total. The summed E-state index contributed by atoms with van der Waals surface area (Å²) in [6.45, 7) is 9.92. The van der Waals surface area contributed by atoms with E-state index in [1.807, 2.05) is 37.1 Å². The highest BCUT2D eigenvalue weighted by Gasteiger charge is 2.30. The number of rotatable bonds is 7. The minimum atomic E-state index is 0.0160. The highest BCUT2D eigenvalue weighted by molar-refractivity contribution is 5.94. The first-order valence-electron chi connectivity index (χ1n) is 13.3. The molecule has 190 valence electrons. The standard InChI is InChI=1S/C30H42N2O3/c1-21-6-5-15-32(18-21)19-26-9-12-27(16-23(26)3)31(4)30(34)25-10-13-28(14-11-25)35-29-17-24(20-33)8-7-22(29)2/h7-9,12,16-17,21,25,28,33H,5-6,10-11,13-15,18-20H2,1-4H3/t21-,25?,28?/m1/s1. The maximum Gasteiger partial charge on any atom is 0.229 e. The number of amides is 1. The number of hydrogen-bond acceptors (Lipinski definition) is 4. The molecule has 4 rings (SSSR count). The highest BCUT2D eigenvalue weighted by atomic mass is 16.5. The molecule has 1 aliphatic carbocycles. The lowest BCUT2D eigenvalue weighted by molar-refractivity contribution is -0.123. The van der Waals surface area contributed by atoms with Gasteiger partial charge in [0.25, 0.3) is 0 Å². The van der Waals surface area contributed by atoms with E-state index in [9.17, 15) is 9.90 Å². The van der Waals surface area contributed by atoms with E-state index in [0.29, 0.717) is 0 Å². The predicted molar refractivity (Wildman–Crippen MR) is 142 cm³/mol. The number of nitrogens with zero attached hydrogens (tertiary/aromatic N) is 2. The van der Waals surface area contributed by atoms with Gasteiger partial charge in [0.2, 0.25) is 5.91 Å². The number of aliphatic hydroxyl groups excluding tert-OH is 1. The van der Waals surface area contributed by atoms with Crippen molar-refractivity contribution in [3.8, 4) is 5.75 Å². The molecule has 2 aromatic rings. The molecule has 5 heteroatoms. The minimum Gasteiger partial charge on any atom is -0.490 e. The monoisotopic (exact) mass is 478 g/mol. The number of carbonyl (C=O) groups is 1. The molecule has 1 saturated carbocycles. The van der Waals surface area contributed by atoms with Gasteiger partial charge < -0.3 is 14.7 Å². The van der Waals surface area contributed by atoms with Gasteiger partial charge in [-0.15, -0.1) is 0 Å². The average Bonchev–Trinajstić information content (AvgIpc) is 2.86. The van der Waals surface area contributed by atoms with E-state index < -0.39 is 0 Å². The van der Waals surface area contributed by atoms with E-state index in [4.69, 9.17) is 4.74 Å². The fraction of sp³-hybridized carbons (Fsp3) is 0.567. The second-order valence-electron chi connectivity index (χ2n) is 10.8. The Kier molecular flexibility index (Phi) is 8.51. The van der Waals surface area contributed by atoms with E-state index >= 15 is 0 Å². The molecular weight excluding hydrogens is 436 g/mol. The van der Waals surface area contributed by atoms with Crippen LogP contribution in [0.1, 0.15) is 67.7 Å². The Labute approximate surface area is 211 Å². The molecule has 2 aromatic carbocycles. The molecule has 0 bridgehead atoms. The summed E-state index contributed by atoms with van der Waals surface area (Å²) in [6, 6.07) is 12.3. The zero-order valence-corrected chi connectivity index (χ0v) is 21.9. The van der Waals surface area contributed by atoms with Crippen molar-refractivity contribution in [3.05, 3.63) is 58.7 Å². The molecule has 1 aliphatic heterocycles. The summed E-state index contributed by atoms with van der Waals surface area (Å²) in [7, 11) is 1.91. The maximum absolute atomic E-state index is 13.3. The first kappa shape index (κ1) is 25.7. The van der Waals surface area contributed by atoms with Crippen molar-refractivity contribution in [3.63, 3.8) is 0 Å². The second kappa shape index (κ2) is 11.6. The summed E-state index contributed by atoms with van der Waals surface area (Å²) in [5, 5.41) is 9.42. The average molecular weight is 479 g/mol. The fourth-order valence-corrected chi connectivity index (χ4v) is 5.62. The van der Waals surface area contributed by atoms with Crippen molar-refractivity contribution in [1.82, 2.24) is 4.90 Å². The molecule has 1 amide bonds. The largest absolute Gasteiger partial charge is 0.490 e. The van der Waals surface area contributed by atoms with Crippen LogP contribution in [-0.4, -0.2) is 42.2 Å². The molecule has 1 saturated heterocycles. The van der Waals surface area contributed by atoms with Crippen LogP contribution in [0.2, 0.25) is 0 Å². The maximum atomic E-state index is 13.3. The lowest BCUT2D eigenvalue weighted by Gasteiger charge is -2.32. The number of piperidine rings is 1. The summed E-state index contributed by atoms with van der Waals surface area (Å²) in [6.07, 6.45) is 6.19. The smallest absolute Gasteiger partial charge is 0.229 e. The van der Waals surface area contributed by atoms with Gasteiger partial charge in [-0.1, -0.05) is 25.1 Å². The Balaban J connectivity index is 1.31. The molecule has 0 spiro atoms. The molecule has 1 atom stereocenters. The minimum absolute atomic E-state index is 0.0160. The molecule has 2 aliphatic rings. The molecule has 1 N–H and O–H groups in total. The molecule has 0 aromatic heterocycles. The van der Waals surface area contributed by atoms with E-state index in [2.05, 4.69) is 36.9 Å². The molecule has 0 radical (unpaired) electrons. The highest BCUT2D eigenvalue weighted by Crippen LogP contribution is 2.32.